The lowest BCUT2D eigenvalue weighted by molar-refractivity contribution is 0.328. The first-order valence-corrected chi connectivity index (χ1v) is 6.07. The van der Waals surface area contributed by atoms with Crippen LogP contribution in [-0.2, 0) is 0 Å². The zero-order chi connectivity index (χ0) is 12.8. The van der Waals surface area contributed by atoms with Crippen molar-refractivity contribution in [3.8, 4) is 5.88 Å². The van der Waals surface area contributed by atoms with Crippen LogP contribution in [-0.4, -0.2) is 29.7 Å². The second kappa shape index (κ2) is 6.27. The van der Waals surface area contributed by atoms with Gasteiger partial charge in [0, 0.05) is 13.1 Å². The first kappa shape index (κ1) is 13.5. The van der Waals surface area contributed by atoms with E-state index in [1.165, 1.54) is 6.33 Å². The molecule has 0 saturated carbocycles. The van der Waals surface area contributed by atoms with Gasteiger partial charge in [0.1, 0.15) is 12.0 Å². The van der Waals surface area contributed by atoms with E-state index >= 15 is 0 Å². The van der Waals surface area contributed by atoms with Crippen LogP contribution in [0.1, 0.15) is 33.6 Å². The van der Waals surface area contributed by atoms with Gasteiger partial charge in [-0.1, -0.05) is 13.3 Å². The van der Waals surface area contributed by atoms with E-state index in [0.29, 0.717) is 24.2 Å². The Labute approximate surface area is 103 Å². The highest BCUT2D eigenvalue weighted by molar-refractivity contribution is 5.67. The Bertz CT molecular complexity index is 356. The van der Waals surface area contributed by atoms with Crippen LogP contribution in [0.3, 0.4) is 0 Å². The summed E-state index contributed by atoms with van der Waals surface area (Å²) in [6.07, 6.45) is 3.73. The summed E-state index contributed by atoms with van der Waals surface area (Å²) in [6.45, 7) is 6.78. The molecule has 1 aromatic heterocycles. The number of aromatic nitrogens is 2. The predicted molar refractivity (Wildman–Crippen MR) is 70.4 cm³/mol. The van der Waals surface area contributed by atoms with Gasteiger partial charge in [-0.3, -0.25) is 0 Å². The van der Waals surface area contributed by atoms with Crippen LogP contribution in [0.5, 0.6) is 5.88 Å². The van der Waals surface area contributed by atoms with Crippen molar-refractivity contribution in [1.29, 1.82) is 0 Å². The van der Waals surface area contributed by atoms with Crippen LogP contribution < -0.4 is 15.4 Å². The summed E-state index contributed by atoms with van der Waals surface area (Å²) in [5.74, 6) is 1.21. The highest BCUT2D eigenvalue weighted by atomic mass is 16.5. The fraction of sp³-hybridized carbons (Fsp3) is 0.667. The first-order valence-electron chi connectivity index (χ1n) is 6.07. The molecule has 1 rings (SSSR count). The lowest BCUT2D eigenvalue weighted by Crippen LogP contribution is -2.30. The van der Waals surface area contributed by atoms with Gasteiger partial charge >= 0.3 is 0 Å². The molecule has 0 aromatic carbocycles. The number of anilines is 2. The summed E-state index contributed by atoms with van der Waals surface area (Å²) in [6, 6.07) is 0.395. The van der Waals surface area contributed by atoms with Crippen molar-refractivity contribution in [2.24, 2.45) is 0 Å². The topological polar surface area (TPSA) is 64.3 Å². The van der Waals surface area contributed by atoms with Crippen LogP contribution >= 0.6 is 0 Å². The summed E-state index contributed by atoms with van der Waals surface area (Å²) in [5, 5.41) is 0. The predicted octanol–water partition coefficient (Wildman–Crippen LogP) is 2.08. The third-order valence-corrected chi connectivity index (χ3v) is 2.81. The molecule has 5 heteroatoms. The molecule has 0 saturated heterocycles. The average Bonchev–Trinajstić information content (AvgIpc) is 2.31. The molecule has 5 nitrogen and oxygen atoms in total. The molecule has 1 heterocycles. The molecule has 0 bridgehead atoms. The lowest BCUT2D eigenvalue weighted by atomic mass is 10.2. The van der Waals surface area contributed by atoms with E-state index in [2.05, 4.69) is 28.7 Å². The van der Waals surface area contributed by atoms with Crippen LogP contribution in [0.25, 0.3) is 0 Å². The maximum absolute atomic E-state index is 6.01. The molecule has 2 N–H and O–H groups in total. The molecular weight excluding hydrogens is 216 g/mol. The molecule has 96 valence electrons. The third-order valence-electron chi connectivity index (χ3n) is 2.81. The second-order valence-corrected chi connectivity index (χ2v) is 4.10. The maximum atomic E-state index is 6.01. The molecule has 1 unspecified atom stereocenters. The van der Waals surface area contributed by atoms with E-state index in [1.54, 1.807) is 0 Å². The quantitative estimate of drug-likeness (QED) is 0.822. The molecule has 0 aliphatic rings. The van der Waals surface area contributed by atoms with Crippen molar-refractivity contribution >= 4 is 11.5 Å². The van der Waals surface area contributed by atoms with Gasteiger partial charge in [-0.05, 0) is 20.3 Å². The largest absolute Gasteiger partial charge is 0.476 e. The summed E-state index contributed by atoms with van der Waals surface area (Å²) in [4.78, 5) is 10.3. The number of rotatable bonds is 6. The Hall–Kier alpha value is -1.52. The minimum atomic E-state index is 0.395. The normalized spacial score (nSPS) is 12.2. The van der Waals surface area contributed by atoms with Crippen molar-refractivity contribution in [2.75, 3.05) is 24.3 Å². The molecule has 0 aliphatic heterocycles. The molecular formula is C12H22N4O. The number of nitrogens with two attached hydrogens (primary N) is 1. The van der Waals surface area contributed by atoms with Gasteiger partial charge in [0.2, 0.25) is 5.88 Å². The fourth-order valence-electron chi connectivity index (χ4n) is 1.72. The van der Waals surface area contributed by atoms with E-state index in [0.717, 1.165) is 18.7 Å². The zero-order valence-electron chi connectivity index (χ0n) is 11.1. The number of nitrogen functional groups attached to an aromatic ring is 1. The zero-order valence-corrected chi connectivity index (χ0v) is 11.1. The fourth-order valence-corrected chi connectivity index (χ4v) is 1.72. The Kier molecular flexibility index (Phi) is 5.00. The molecule has 1 aromatic rings. The van der Waals surface area contributed by atoms with Gasteiger partial charge in [0.05, 0.1) is 6.61 Å². The number of nitrogens with zero attached hydrogens (tertiary/aromatic N) is 3. The van der Waals surface area contributed by atoms with Crippen molar-refractivity contribution in [2.45, 2.75) is 39.7 Å². The number of hydrogen-bond acceptors (Lipinski definition) is 5. The monoisotopic (exact) mass is 238 g/mol. The van der Waals surface area contributed by atoms with E-state index in [-0.39, 0.29) is 0 Å². The number of ether oxygens (including phenoxy) is 1. The Morgan fingerprint density at radius 1 is 1.41 bits per heavy atom. The van der Waals surface area contributed by atoms with Gasteiger partial charge in [0.25, 0.3) is 0 Å². The van der Waals surface area contributed by atoms with E-state index in [4.69, 9.17) is 10.5 Å². The van der Waals surface area contributed by atoms with Crippen molar-refractivity contribution in [3.05, 3.63) is 6.33 Å². The van der Waals surface area contributed by atoms with Crippen molar-refractivity contribution < 1.29 is 4.74 Å². The maximum Gasteiger partial charge on any atom is 0.242 e. The van der Waals surface area contributed by atoms with Crippen molar-refractivity contribution in [1.82, 2.24) is 9.97 Å². The molecule has 0 amide bonds. The van der Waals surface area contributed by atoms with E-state index < -0.39 is 0 Å². The Morgan fingerprint density at radius 2 is 2.12 bits per heavy atom. The number of hydrogen-bond donors (Lipinski definition) is 1. The highest BCUT2D eigenvalue weighted by Crippen LogP contribution is 2.28. The van der Waals surface area contributed by atoms with Gasteiger partial charge in [-0.25, -0.2) is 4.98 Å². The first-order chi connectivity index (χ1) is 8.11. The summed E-state index contributed by atoms with van der Waals surface area (Å²) < 4.78 is 5.36. The minimum Gasteiger partial charge on any atom is -0.476 e. The summed E-state index contributed by atoms with van der Waals surface area (Å²) >= 11 is 0. The van der Waals surface area contributed by atoms with Crippen LogP contribution in [0, 0.1) is 0 Å². The smallest absolute Gasteiger partial charge is 0.242 e. The molecule has 0 spiro atoms. The molecule has 0 radical (unpaired) electrons. The van der Waals surface area contributed by atoms with Gasteiger partial charge in [0.15, 0.2) is 5.82 Å². The lowest BCUT2D eigenvalue weighted by Gasteiger charge is -2.26. The average molecular weight is 238 g/mol. The highest BCUT2D eigenvalue weighted by Gasteiger charge is 2.16. The van der Waals surface area contributed by atoms with Crippen LogP contribution in [0.15, 0.2) is 6.33 Å². The van der Waals surface area contributed by atoms with E-state index in [9.17, 15) is 0 Å². The minimum absolute atomic E-state index is 0.395. The van der Waals surface area contributed by atoms with Gasteiger partial charge < -0.3 is 15.4 Å². The third kappa shape index (κ3) is 3.22. The standard InChI is InChI=1S/C12H22N4O/c1-5-7-9(3)16(4)11-10(13)12(17-6-2)15-8-14-11/h8-9H,5-7,13H2,1-4H3. The Balaban J connectivity index is 2.93. The molecule has 0 fully saturated rings. The van der Waals surface area contributed by atoms with Crippen LogP contribution in [0.2, 0.25) is 0 Å². The van der Waals surface area contributed by atoms with Crippen LogP contribution in [0.4, 0.5) is 11.5 Å². The molecule has 0 aliphatic carbocycles. The summed E-state index contributed by atoms with van der Waals surface area (Å²) in [7, 11) is 1.99. The molecule has 1 atom stereocenters. The summed E-state index contributed by atoms with van der Waals surface area (Å²) in [5.41, 5.74) is 6.53. The van der Waals surface area contributed by atoms with Gasteiger partial charge in [-0.15, -0.1) is 0 Å². The van der Waals surface area contributed by atoms with Gasteiger partial charge in [-0.2, -0.15) is 4.98 Å². The SMILES string of the molecule is CCCC(C)N(C)c1ncnc(OCC)c1N. The molecule has 17 heavy (non-hydrogen) atoms. The Morgan fingerprint density at radius 3 is 2.71 bits per heavy atom. The van der Waals surface area contributed by atoms with E-state index in [1.807, 2.05) is 14.0 Å². The second-order valence-electron chi connectivity index (χ2n) is 4.10. The van der Waals surface area contributed by atoms with Crippen molar-refractivity contribution in [3.63, 3.8) is 0 Å².